The van der Waals surface area contributed by atoms with Crippen LogP contribution in [0, 0.1) is 0 Å². The molecule has 2 aromatic rings. The lowest BCUT2D eigenvalue weighted by molar-refractivity contribution is 0.103. The first-order valence-electron chi connectivity index (χ1n) is 5.10. The van der Waals surface area contributed by atoms with Crippen LogP contribution in [0.25, 0.3) is 0 Å². The van der Waals surface area contributed by atoms with E-state index in [0.29, 0.717) is 26.4 Å². The van der Waals surface area contributed by atoms with Crippen LogP contribution >= 0.6 is 27.5 Å². The fourth-order valence-electron chi connectivity index (χ4n) is 1.48. The van der Waals surface area contributed by atoms with Gasteiger partial charge in [-0.15, -0.1) is 0 Å². The average Bonchev–Trinajstić information content (AvgIpc) is 2.38. The second-order valence-electron chi connectivity index (χ2n) is 3.57. The standard InChI is InChI=1S/C13H9BrClNO2/c1-18-10-4-8(6-16-7-10)13(17)11-3-2-9(15)5-12(11)14/h2-7H,1H3. The summed E-state index contributed by atoms with van der Waals surface area (Å²) in [7, 11) is 1.53. The second kappa shape index (κ2) is 5.50. The number of halogens is 2. The largest absolute Gasteiger partial charge is 0.495 e. The van der Waals surface area contributed by atoms with Crippen molar-refractivity contribution < 1.29 is 9.53 Å². The van der Waals surface area contributed by atoms with E-state index >= 15 is 0 Å². The van der Waals surface area contributed by atoms with Crippen molar-refractivity contribution in [3.63, 3.8) is 0 Å². The zero-order valence-electron chi connectivity index (χ0n) is 9.48. The molecule has 1 aromatic heterocycles. The van der Waals surface area contributed by atoms with Crippen LogP contribution in [0.5, 0.6) is 5.75 Å². The number of methoxy groups -OCH3 is 1. The summed E-state index contributed by atoms with van der Waals surface area (Å²) < 4.78 is 5.70. The van der Waals surface area contributed by atoms with Crippen molar-refractivity contribution in [2.75, 3.05) is 7.11 Å². The minimum atomic E-state index is -0.134. The van der Waals surface area contributed by atoms with E-state index in [2.05, 4.69) is 20.9 Å². The van der Waals surface area contributed by atoms with Crippen LogP contribution in [0.15, 0.2) is 41.1 Å². The van der Waals surface area contributed by atoms with Gasteiger partial charge < -0.3 is 4.74 Å². The van der Waals surface area contributed by atoms with Crippen molar-refractivity contribution in [1.82, 2.24) is 4.98 Å². The molecule has 0 amide bonds. The van der Waals surface area contributed by atoms with Crippen molar-refractivity contribution in [2.45, 2.75) is 0 Å². The smallest absolute Gasteiger partial charge is 0.195 e. The molecule has 0 spiro atoms. The lowest BCUT2D eigenvalue weighted by Crippen LogP contribution is -2.03. The Balaban J connectivity index is 2.41. The predicted octanol–water partition coefficient (Wildman–Crippen LogP) is 3.74. The summed E-state index contributed by atoms with van der Waals surface area (Å²) >= 11 is 9.17. The Hall–Kier alpha value is -1.39. The molecule has 1 aromatic carbocycles. The van der Waals surface area contributed by atoms with Gasteiger partial charge in [-0.3, -0.25) is 9.78 Å². The number of ketones is 1. The quantitative estimate of drug-likeness (QED) is 0.807. The minimum Gasteiger partial charge on any atom is -0.495 e. The van der Waals surface area contributed by atoms with E-state index in [4.69, 9.17) is 16.3 Å². The first kappa shape index (κ1) is 13.1. The highest BCUT2D eigenvalue weighted by atomic mass is 79.9. The number of ether oxygens (including phenoxy) is 1. The third-order valence-corrected chi connectivity index (χ3v) is 3.28. The molecule has 5 heteroatoms. The third kappa shape index (κ3) is 2.71. The number of hydrogen-bond acceptors (Lipinski definition) is 3. The Bertz CT molecular complexity index is 601. The van der Waals surface area contributed by atoms with Crippen LogP contribution in [0.2, 0.25) is 5.02 Å². The van der Waals surface area contributed by atoms with Gasteiger partial charge in [-0.25, -0.2) is 0 Å². The van der Waals surface area contributed by atoms with Crippen molar-refractivity contribution in [3.8, 4) is 5.75 Å². The molecule has 18 heavy (non-hydrogen) atoms. The zero-order valence-corrected chi connectivity index (χ0v) is 11.8. The van der Waals surface area contributed by atoms with Gasteiger partial charge in [-0.05, 0) is 40.2 Å². The minimum absolute atomic E-state index is 0.134. The Morgan fingerprint density at radius 1 is 1.33 bits per heavy atom. The van der Waals surface area contributed by atoms with Gasteiger partial charge in [0.2, 0.25) is 0 Å². The van der Waals surface area contributed by atoms with Crippen LogP contribution < -0.4 is 4.74 Å². The number of hydrogen-bond donors (Lipinski definition) is 0. The summed E-state index contributed by atoms with van der Waals surface area (Å²) in [5.41, 5.74) is 1.01. The molecular formula is C13H9BrClNO2. The summed E-state index contributed by atoms with van der Waals surface area (Å²) in [4.78, 5) is 16.2. The van der Waals surface area contributed by atoms with E-state index < -0.39 is 0 Å². The van der Waals surface area contributed by atoms with Gasteiger partial charge in [0.05, 0.1) is 13.3 Å². The molecule has 0 aliphatic heterocycles. The van der Waals surface area contributed by atoms with E-state index in [1.165, 1.54) is 13.3 Å². The lowest BCUT2D eigenvalue weighted by atomic mass is 10.1. The normalized spacial score (nSPS) is 10.2. The number of carbonyl (C=O) groups excluding carboxylic acids is 1. The van der Waals surface area contributed by atoms with Crippen molar-refractivity contribution in [1.29, 1.82) is 0 Å². The van der Waals surface area contributed by atoms with Gasteiger partial charge in [-0.2, -0.15) is 0 Å². The van der Waals surface area contributed by atoms with Gasteiger partial charge in [0.1, 0.15) is 5.75 Å². The van der Waals surface area contributed by atoms with Crippen molar-refractivity contribution in [2.24, 2.45) is 0 Å². The van der Waals surface area contributed by atoms with Crippen LogP contribution in [0.1, 0.15) is 15.9 Å². The first-order valence-corrected chi connectivity index (χ1v) is 6.27. The molecular weight excluding hydrogens is 318 g/mol. The zero-order chi connectivity index (χ0) is 13.1. The van der Waals surface area contributed by atoms with Gasteiger partial charge in [0.15, 0.2) is 5.78 Å². The lowest BCUT2D eigenvalue weighted by Gasteiger charge is -2.05. The molecule has 0 aliphatic carbocycles. The molecule has 92 valence electrons. The Morgan fingerprint density at radius 2 is 2.11 bits per heavy atom. The van der Waals surface area contributed by atoms with Gasteiger partial charge in [-0.1, -0.05) is 11.6 Å². The summed E-state index contributed by atoms with van der Waals surface area (Å²) in [6, 6.07) is 6.68. The highest BCUT2D eigenvalue weighted by Gasteiger charge is 2.13. The Morgan fingerprint density at radius 3 is 2.78 bits per heavy atom. The number of nitrogens with zero attached hydrogens (tertiary/aromatic N) is 1. The first-order chi connectivity index (χ1) is 8.61. The summed E-state index contributed by atoms with van der Waals surface area (Å²) in [6.45, 7) is 0. The molecule has 0 radical (unpaired) electrons. The number of rotatable bonds is 3. The molecule has 3 nitrogen and oxygen atoms in total. The number of carbonyl (C=O) groups is 1. The van der Waals surface area contributed by atoms with Gasteiger partial charge >= 0.3 is 0 Å². The van der Waals surface area contributed by atoms with Crippen molar-refractivity contribution >= 4 is 33.3 Å². The van der Waals surface area contributed by atoms with E-state index in [9.17, 15) is 4.79 Å². The fourth-order valence-corrected chi connectivity index (χ4v) is 2.35. The molecule has 0 saturated heterocycles. The molecule has 0 fully saturated rings. The number of aromatic nitrogens is 1. The summed E-state index contributed by atoms with van der Waals surface area (Å²) in [6.07, 6.45) is 3.06. The molecule has 0 unspecified atom stereocenters. The fraction of sp³-hybridized carbons (Fsp3) is 0.0769. The van der Waals surface area contributed by atoms with E-state index in [1.54, 1.807) is 30.5 Å². The van der Waals surface area contributed by atoms with Crippen LogP contribution in [0.4, 0.5) is 0 Å². The number of pyridine rings is 1. The van der Waals surface area contributed by atoms with Gasteiger partial charge in [0, 0.05) is 26.8 Å². The van der Waals surface area contributed by atoms with Crippen LogP contribution in [-0.2, 0) is 0 Å². The van der Waals surface area contributed by atoms with Gasteiger partial charge in [0.25, 0.3) is 0 Å². The third-order valence-electron chi connectivity index (χ3n) is 2.39. The molecule has 2 rings (SSSR count). The number of benzene rings is 1. The molecule has 1 heterocycles. The topological polar surface area (TPSA) is 39.2 Å². The maximum Gasteiger partial charge on any atom is 0.195 e. The molecule has 0 bridgehead atoms. The van der Waals surface area contributed by atoms with E-state index in [1.807, 2.05) is 0 Å². The highest BCUT2D eigenvalue weighted by Crippen LogP contribution is 2.24. The van der Waals surface area contributed by atoms with E-state index in [-0.39, 0.29) is 5.78 Å². The maximum absolute atomic E-state index is 12.3. The Labute approximate surface area is 118 Å². The molecule has 0 saturated carbocycles. The van der Waals surface area contributed by atoms with Crippen molar-refractivity contribution in [3.05, 3.63) is 57.3 Å². The SMILES string of the molecule is COc1cncc(C(=O)c2ccc(Cl)cc2Br)c1. The summed E-state index contributed by atoms with van der Waals surface area (Å²) in [5.74, 6) is 0.413. The van der Waals surface area contributed by atoms with Crippen LogP contribution in [0.3, 0.4) is 0 Å². The Kier molecular flexibility index (Phi) is 3.99. The molecule has 0 N–H and O–H groups in total. The average molecular weight is 327 g/mol. The predicted molar refractivity (Wildman–Crippen MR) is 73.4 cm³/mol. The molecule has 0 atom stereocenters. The highest BCUT2D eigenvalue weighted by molar-refractivity contribution is 9.10. The second-order valence-corrected chi connectivity index (χ2v) is 4.86. The van der Waals surface area contributed by atoms with E-state index in [0.717, 1.165) is 0 Å². The molecule has 0 aliphatic rings. The maximum atomic E-state index is 12.3. The summed E-state index contributed by atoms with van der Waals surface area (Å²) in [5, 5.41) is 0.571. The monoisotopic (exact) mass is 325 g/mol. The van der Waals surface area contributed by atoms with Crippen LogP contribution in [-0.4, -0.2) is 17.9 Å².